The van der Waals surface area contributed by atoms with E-state index >= 15 is 0 Å². The third kappa shape index (κ3) is 2.00. The summed E-state index contributed by atoms with van der Waals surface area (Å²) in [6.07, 6.45) is 0.778. The van der Waals surface area contributed by atoms with Gasteiger partial charge in [-0.2, -0.15) is 5.10 Å². The lowest BCUT2D eigenvalue weighted by molar-refractivity contribution is 0.953. The zero-order valence-electron chi connectivity index (χ0n) is 12.1. The molecule has 3 aromatic heterocycles. The Morgan fingerprint density at radius 3 is 2.86 bits per heavy atom. The van der Waals surface area contributed by atoms with Crippen LogP contribution in [-0.2, 0) is 13.5 Å². The summed E-state index contributed by atoms with van der Waals surface area (Å²) in [7, 11) is 2.01. The molecule has 0 atom stereocenters. The first-order valence-electron chi connectivity index (χ1n) is 7.01. The number of imidazole rings is 1. The second-order valence-corrected chi connectivity index (χ2v) is 6.23. The number of nitrogens with zero attached hydrogens (tertiary/aromatic N) is 3. The number of fused-ring (bicyclic) bond motifs is 1. The Labute approximate surface area is 131 Å². The molecule has 0 saturated carbocycles. The molecule has 5 nitrogen and oxygen atoms in total. The van der Waals surface area contributed by atoms with Crippen molar-refractivity contribution in [1.29, 1.82) is 0 Å². The van der Waals surface area contributed by atoms with Gasteiger partial charge in [0.15, 0.2) is 5.82 Å². The van der Waals surface area contributed by atoms with Gasteiger partial charge in [0.1, 0.15) is 5.82 Å². The normalized spacial score (nSPS) is 11.3. The van der Waals surface area contributed by atoms with Gasteiger partial charge in [0, 0.05) is 18.3 Å². The molecule has 0 unspecified atom stereocenters. The van der Waals surface area contributed by atoms with Crippen LogP contribution in [0.4, 0.5) is 5.82 Å². The van der Waals surface area contributed by atoms with Crippen molar-refractivity contribution in [3.63, 3.8) is 0 Å². The molecule has 0 saturated heterocycles. The van der Waals surface area contributed by atoms with Crippen molar-refractivity contribution < 1.29 is 0 Å². The van der Waals surface area contributed by atoms with Gasteiger partial charge in [0.2, 0.25) is 0 Å². The predicted octanol–water partition coefficient (Wildman–Crippen LogP) is 3.20. The summed E-state index contributed by atoms with van der Waals surface area (Å²) in [5.74, 6) is 1.34. The smallest absolute Gasteiger partial charge is 0.156 e. The largest absolute Gasteiger partial charge is 0.382 e. The Morgan fingerprint density at radius 2 is 2.09 bits per heavy atom. The molecule has 0 aliphatic heterocycles. The van der Waals surface area contributed by atoms with E-state index in [4.69, 9.17) is 10.7 Å². The molecule has 4 aromatic rings. The van der Waals surface area contributed by atoms with Crippen molar-refractivity contribution in [1.82, 2.24) is 19.7 Å². The number of H-pyrrole nitrogens is 1. The molecule has 3 heterocycles. The third-order valence-electron chi connectivity index (χ3n) is 3.81. The average molecular weight is 309 g/mol. The molecule has 22 heavy (non-hydrogen) atoms. The lowest BCUT2D eigenvalue weighted by Gasteiger charge is -2.04. The van der Waals surface area contributed by atoms with E-state index in [1.807, 2.05) is 25.2 Å². The van der Waals surface area contributed by atoms with Gasteiger partial charge in [-0.15, -0.1) is 11.3 Å². The molecule has 0 spiro atoms. The monoisotopic (exact) mass is 309 g/mol. The van der Waals surface area contributed by atoms with Crippen molar-refractivity contribution in [2.75, 3.05) is 5.73 Å². The Bertz CT molecular complexity index is 933. The third-order valence-corrected chi connectivity index (χ3v) is 4.69. The molecule has 0 radical (unpaired) electrons. The molecule has 0 amide bonds. The van der Waals surface area contributed by atoms with Gasteiger partial charge in [0.05, 0.1) is 22.3 Å². The number of aromatic amines is 1. The number of rotatable bonds is 3. The van der Waals surface area contributed by atoms with Crippen LogP contribution in [0.2, 0.25) is 0 Å². The van der Waals surface area contributed by atoms with E-state index in [0.29, 0.717) is 5.82 Å². The molecule has 110 valence electrons. The van der Waals surface area contributed by atoms with Crippen molar-refractivity contribution in [3.8, 4) is 11.4 Å². The first-order valence-corrected chi connectivity index (χ1v) is 7.89. The first kappa shape index (κ1) is 13.1. The van der Waals surface area contributed by atoms with Gasteiger partial charge in [-0.25, -0.2) is 4.98 Å². The summed E-state index contributed by atoms with van der Waals surface area (Å²) in [5, 5.41) is 9.32. The van der Waals surface area contributed by atoms with E-state index in [0.717, 1.165) is 34.5 Å². The van der Waals surface area contributed by atoms with E-state index in [1.165, 1.54) is 4.88 Å². The van der Waals surface area contributed by atoms with Crippen molar-refractivity contribution in [2.45, 2.75) is 6.42 Å². The van der Waals surface area contributed by atoms with Gasteiger partial charge < -0.3 is 10.3 Å². The minimum atomic E-state index is 0.491. The highest BCUT2D eigenvalue weighted by molar-refractivity contribution is 7.09. The lowest BCUT2D eigenvalue weighted by Crippen LogP contribution is -1.98. The standard InChI is InChI=1S/C16H15N5S/c1-21-13-7-3-2-6-11(13)18-16(21)14-12(19-20-15(14)17)9-10-5-4-8-22-10/h2-8H,9H2,1H3,(H3,17,19,20). The van der Waals surface area contributed by atoms with Crippen LogP contribution in [0.15, 0.2) is 41.8 Å². The number of aryl methyl sites for hydroxylation is 1. The highest BCUT2D eigenvalue weighted by Crippen LogP contribution is 2.31. The summed E-state index contributed by atoms with van der Waals surface area (Å²) in [6, 6.07) is 12.2. The van der Waals surface area contributed by atoms with Crippen LogP contribution in [-0.4, -0.2) is 19.7 Å². The minimum Gasteiger partial charge on any atom is -0.382 e. The fourth-order valence-corrected chi connectivity index (χ4v) is 3.44. The van der Waals surface area contributed by atoms with E-state index in [2.05, 4.69) is 38.3 Å². The fraction of sp³-hybridized carbons (Fsp3) is 0.125. The van der Waals surface area contributed by atoms with Crippen LogP contribution in [0.25, 0.3) is 22.4 Å². The van der Waals surface area contributed by atoms with Crippen LogP contribution in [0, 0.1) is 0 Å². The second kappa shape index (κ2) is 4.99. The van der Waals surface area contributed by atoms with E-state index < -0.39 is 0 Å². The summed E-state index contributed by atoms with van der Waals surface area (Å²) in [4.78, 5) is 6.00. The zero-order valence-corrected chi connectivity index (χ0v) is 12.9. The molecule has 0 bridgehead atoms. The maximum Gasteiger partial charge on any atom is 0.156 e. The molecule has 0 aliphatic rings. The molecule has 6 heteroatoms. The number of benzene rings is 1. The van der Waals surface area contributed by atoms with E-state index in [-0.39, 0.29) is 0 Å². The topological polar surface area (TPSA) is 72.5 Å². The zero-order chi connectivity index (χ0) is 15.1. The number of thiophene rings is 1. The number of nitrogens with one attached hydrogen (secondary N) is 1. The summed E-state index contributed by atoms with van der Waals surface area (Å²) >= 11 is 1.72. The summed E-state index contributed by atoms with van der Waals surface area (Å²) in [6.45, 7) is 0. The highest BCUT2D eigenvalue weighted by atomic mass is 32.1. The van der Waals surface area contributed by atoms with Gasteiger partial charge in [-0.3, -0.25) is 5.10 Å². The molecule has 0 fully saturated rings. The molecule has 0 aliphatic carbocycles. The molecular formula is C16H15N5S. The Morgan fingerprint density at radius 1 is 1.23 bits per heavy atom. The SMILES string of the molecule is Cn1c(-c2c(N)n[nH]c2Cc2cccs2)nc2ccccc21. The Kier molecular flexibility index (Phi) is 2.97. The van der Waals surface area contributed by atoms with Gasteiger partial charge in [-0.05, 0) is 23.6 Å². The lowest BCUT2D eigenvalue weighted by atomic mass is 10.1. The fourth-order valence-electron chi connectivity index (χ4n) is 2.73. The van der Waals surface area contributed by atoms with Crippen molar-refractivity contribution >= 4 is 28.2 Å². The first-order chi connectivity index (χ1) is 10.7. The molecular weight excluding hydrogens is 294 g/mol. The van der Waals surface area contributed by atoms with Crippen molar-refractivity contribution in [2.24, 2.45) is 7.05 Å². The van der Waals surface area contributed by atoms with Gasteiger partial charge in [-0.1, -0.05) is 18.2 Å². The van der Waals surface area contributed by atoms with Crippen LogP contribution in [0.1, 0.15) is 10.6 Å². The number of aromatic nitrogens is 4. The van der Waals surface area contributed by atoms with Crippen LogP contribution >= 0.6 is 11.3 Å². The second-order valence-electron chi connectivity index (χ2n) is 5.20. The maximum atomic E-state index is 6.10. The molecule has 3 N–H and O–H groups in total. The summed E-state index contributed by atoms with van der Waals surface area (Å²) < 4.78 is 2.06. The quantitative estimate of drug-likeness (QED) is 0.610. The van der Waals surface area contributed by atoms with E-state index in [9.17, 15) is 0 Å². The number of hydrogen-bond donors (Lipinski definition) is 2. The Hall–Kier alpha value is -2.60. The number of anilines is 1. The summed E-state index contributed by atoms with van der Waals surface area (Å²) in [5.41, 5.74) is 10.0. The van der Waals surface area contributed by atoms with Crippen LogP contribution < -0.4 is 5.73 Å². The molecule has 1 aromatic carbocycles. The van der Waals surface area contributed by atoms with Gasteiger partial charge in [0.25, 0.3) is 0 Å². The van der Waals surface area contributed by atoms with Crippen LogP contribution in [0.5, 0.6) is 0 Å². The maximum absolute atomic E-state index is 6.10. The molecule has 4 rings (SSSR count). The number of nitrogens with two attached hydrogens (primary N) is 1. The number of nitrogen functional groups attached to an aromatic ring is 1. The number of para-hydroxylation sites is 2. The predicted molar refractivity (Wildman–Crippen MR) is 89.8 cm³/mol. The van der Waals surface area contributed by atoms with Crippen LogP contribution in [0.3, 0.4) is 0 Å². The van der Waals surface area contributed by atoms with E-state index in [1.54, 1.807) is 11.3 Å². The minimum absolute atomic E-state index is 0.491. The van der Waals surface area contributed by atoms with Crippen molar-refractivity contribution in [3.05, 3.63) is 52.3 Å². The highest BCUT2D eigenvalue weighted by Gasteiger charge is 2.19. The Balaban J connectivity index is 1.87. The van der Waals surface area contributed by atoms with Gasteiger partial charge >= 0.3 is 0 Å². The number of hydrogen-bond acceptors (Lipinski definition) is 4. The average Bonchev–Trinajstić information content (AvgIpc) is 3.22.